The van der Waals surface area contributed by atoms with Gasteiger partial charge in [0.25, 0.3) is 5.69 Å². The minimum Gasteiger partial charge on any atom is -0.481 e. The fraction of sp³-hybridized carbons (Fsp3) is 0.171. The van der Waals surface area contributed by atoms with E-state index in [-0.39, 0.29) is 22.3 Å². The minimum atomic E-state index is -0.717. The standard InChI is InChI=1S/C30H26F2N6O2.C11H8BrN3O3/c1-18-28(23-5-3-4-8-33-23)36-24-14-20(31)13-22(32)27(24)29(18)37-25-15-21(38-9-11-40-12-10-38)17-35-30(25)19-6-7-26(39-2)34-16-19;1-18-10-3-2-7(5-13-10)11-9(15(16)17)4-8(12)6-14-11/h3-8,13-17H,9-12H2,1-2H3,(H,36,37);2-6H,1H3. The summed E-state index contributed by atoms with van der Waals surface area (Å²) < 4.78 is 46.0. The molecule has 0 aliphatic carbocycles. The highest BCUT2D eigenvalue weighted by Gasteiger charge is 2.22. The lowest BCUT2D eigenvalue weighted by atomic mass is 10.0. The number of rotatable bonds is 9. The van der Waals surface area contributed by atoms with Gasteiger partial charge in [-0.05, 0) is 53.2 Å². The largest absolute Gasteiger partial charge is 0.481 e. The van der Waals surface area contributed by atoms with Crippen LogP contribution in [0.25, 0.3) is 44.8 Å². The number of fused-ring (bicyclic) bond motifs is 1. The molecular weight excluding hydrogens is 816 g/mol. The molecule has 0 amide bonds. The van der Waals surface area contributed by atoms with Gasteiger partial charge in [0.2, 0.25) is 11.8 Å². The highest BCUT2D eigenvalue weighted by molar-refractivity contribution is 9.10. The summed E-state index contributed by atoms with van der Waals surface area (Å²) in [6.45, 7) is 4.52. The zero-order valence-corrected chi connectivity index (χ0v) is 32.9. The van der Waals surface area contributed by atoms with E-state index in [4.69, 9.17) is 19.2 Å². The molecule has 1 fully saturated rings. The monoisotopic (exact) mass is 849 g/mol. The molecule has 0 spiro atoms. The minimum absolute atomic E-state index is 0.0728. The van der Waals surface area contributed by atoms with Crippen LogP contribution < -0.4 is 19.7 Å². The molecule has 0 saturated carbocycles. The lowest BCUT2D eigenvalue weighted by Gasteiger charge is -2.29. The molecule has 0 unspecified atom stereocenters. The van der Waals surface area contributed by atoms with Crippen molar-refractivity contribution in [3.8, 4) is 45.7 Å². The normalized spacial score (nSPS) is 12.4. The topological polar surface area (TPSA) is 163 Å². The summed E-state index contributed by atoms with van der Waals surface area (Å²) in [6, 6.07) is 17.9. The highest BCUT2D eigenvalue weighted by atomic mass is 79.9. The summed E-state index contributed by atoms with van der Waals surface area (Å²) >= 11 is 3.16. The Hall–Kier alpha value is -6.72. The van der Waals surface area contributed by atoms with Crippen LogP contribution in [0.15, 0.2) is 102 Å². The second-order valence-corrected chi connectivity index (χ2v) is 13.6. The number of benzene rings is 1. The van der Waals surface area contributed by atoms with E-state index in [9.17, 15) is 14.5 Å². The van der Waals surface area contributed by atoms with Gasteiger partial charge in [0.1, 0.15) is 17.3 Å². The van der Waals surface area contributed by atoms with E-state index in [2.05, 4.69) is 51.1 Å². The molecule has 0 atom stereocenters. The number of methoxy groups -OCH3 is 2. The Bertz CT molecular complexity index is 2580. The van der Waals surface area contributed by atoms with Crippen molar-refractivity contribution < 1.29 is 27.9 Å². The fourth-order valence-electron chi connectivity index (χ4n) is 6.29. The summed E-state index contributed by atoms with van der Waals surface area (Å²) in [6.07, 6.45) is 8.13. The van der Waals surface area contributed by atoms with Crippen molar-refractivity contribution in [3.63, 3.8) is 0 Å². The van der Waals surface area contributed by atoms with Crippen molar-refractivity contribution in [2.24, 2.45) is 0 Å². The molecule has 1 aliphatic rings. The number of nitrogens with zero attached hydrogens (tertiary/aromatic N) is 8. The maximum Gasteiger partial charge on any atom is 0.296 e. The number of ether oxygens (including phenoxy) is 3. The van der Waals surface area contributed by atoms with Gasteiger partial charge < -0.3 is 24.4 Å². The van der Waals surface area contributed by atoms with E-state index in [0.717, 1.165) is 30.4 Å². The number of morpholine rings is 1. The molecule has 294 valence electrons. The average molecular weight is 851 g/mol. The number of nitro groups is 1. The molecule has 1 aromatic carbocycles. The van der Waals surface area contributed by atoms with Crippen LogP contribution in [0.4, 0.5) is 31.5 Å². The van der Waals surface area contributed by atoms with Crippen molar-refractivity contribution in [1.82, 2.24) is 29.9 Å². The molecule has 1 saturated heterocycles. The van der Waals surface area contributed by atoms with Gasteiger partial charge in [0, 0.05) is 89.4 Å². The number of anilines is 3. The summed E-state index contributed by atoms with van der Waals surface area (Å²) in [7, 11) is 3.06. The lowest BCUT2D eigenvalue weighted by Crippen LogP contribution is -2.36. The third-order valence-corrected chi connectivity index (χ3v) is 9.57. The zero-order valence-electron chi connectivity index (χ0n) is 31.3. The molecule has 58 heavy (non-hydrogen) atoms. The van der Waals surface area contributed by atoms with Crippen molar-refractivity contribution in [2.45, 2.75) is 6.92 Å². The number of halogens is 3. The van der Waals surface area contributed by atoms with Crippen LogP contribution in [0.3, 0.4) is 0 Å². The Morgan fingerprint density at radius 2 is 1.52 bits per heavy atom. The van der Waals surface area contributed by atoms with Gasteiger partial charge in [-0.3, -0.25) is 20.1 Å². The van der Waals surface area contributed by atoms with Crippen molar-refractivity contribution in [1.29, 1.82) is 0 Å². The molecule has 0 radical (unpaired) electrons. The molecule has 1 N–H and O–H groups in total. The Kier molecular flexibility index (Phi) is 12.0. The predicted octanol–water partition coefficient (Wildman–Crippen LogP) is 8.75. The van der Waals surface area contributed by atoms with E-state index in [0.29, 0.717) is 69.0 Å². The van der Waals surface area contributed by atoms with E-state index in [1.54, 1.807) is 43.8 Å². The summed E-state index contributed by atoms with van der Waals surface area (Å²) in [5, 5.41) is 14.6. The Balaban J connectivity index is 0.000000238. The van der Waals surface area contributed by atoms with Crippen LogP contribution in [0, 0.1) is 28.7 Å². The SMILES string of the molecule is COc1ccc(-c2ncc(Br)cc2[N+](=O)[O-])cn1.COc1ccc(-c2ncc(N3CCOCC3)cc2Nc2c(C)c(-c3ccccn3)nc3cc(F)cc(F)c23)cn1. The number of hydrogen-bond acceptors (Lipinski definition) is 13. The molecule has 0 bridgehead atoms. The zero-order chi connectivity index (χ0) is 40.8. The van der Waals surface area contributed by atoms with Gasteiger partial charge in [0.05, 0.1) is 83.6 Å². The van der Waals surface area contributed by atoms with Gasteiger partial charge in [-0.2, -0.15) is 0 Å². The fourth-order valence-corrected chi connectivity index (χ4v) is 6.61. The highest BCUT2D eigenvalue weighted by Crippen LogP contribution is 2.40. The van der Waals surface area contributed by atoms with Crippen molar-refractivity contribution in [2.75, 3.05) is 50.7 Å². The van der Waals surface area contributed by atoms with E-state index in [1.165, 1.54) is 31.6 Å². The molecular formula is C41H34BrF2N9O5. The van der Waals surface area contributed by atoms with Crippen LogP contribution in [-0.2, 0) is 4.74 Å². The first-order chi connectivity index (χ1) is 28.1. The number of aromatic nitrogens is 6. The van der Waals surface area contributed by atoms with Crippen LogP contribution in [0.5, 0.6) is 11.8 Å². The number of nitrogens with one attached hydrogen (secondary N) is 1. The van der Waals surface area contributed by atoms with E-state index in [1.807, 2.05) is 37.4 Å². The van der Waals surface area contributed by atoms with Gasteiger partial charge in [-0.15, -0.1) is 0 Å². The van der Waals surface area contributed by atoms with Crippen LogP contribution >= 0.6 is 15.9 Å². The van der Waals surface area contributed by atoms with Gasteiger partial charge >= 0.3 is 0 Å². The second-order valence-electron chi connectivity index (χ2n) is 12.7. The molecule has 8 rings (SSSR count). The molecule has 6 aromatic heterocycles. The van der Waals surface area contributed by atoms with E-state index < -0.39 is 16.6 Å². The van der Waals surface area contributed by atoms with Gasteiger partial charge in [-0.1, -0.05) is 6.07 Å². The quantitative estimate of drug-likeness (QED) is 0.108. The third kappa shape index (κ3) is 8.64. The number of hydrogen-bond donors (Lipinski definition) is 1. The Morgan fingerprint density at radius 3 is 2.14 bits per heavy atom. The second kappa shape index (κ2) is 17.6. The smallest absolute Gasteiger partial charge is 0.296 e. The Labute approximate surface area is 339 Å². The van der Waals surface area contributed by atoms with E-state index >= 15 is 4.39 Å². The molecule has 7 aromatic rings. The average Bonchev–Trinajstić information content (AvgIpc) is 3.25. The van der Waals surface area contributed by atoms with Crippen LogP contribution in [0.2, 0.25) is 0 Å². The molecule has 7 heterocycles. The maximum atomic E-state index is 15.4. The molecule has 14 nitrogen and oxygen atoms in total. The summed E-state index contributed by atoms with van der Waals surface area (Å²) in [5.74, 6) is -0.507. The summed E-state index contributed by atoms with van der Waals surface area (Å²) in [5.41, 5.74) is 6.04. The lowest BCUT2D eigenvalue weighted by molar-refractivity contribution is -0.384. The van der Waals surface area contributed by atoms with Crippen molar-refractivity contribution >= 4 is 49.6 Å². The predicted molar refractivity (Wildman–Crippen MR) is 218 cm³/mol. The first-order valence-electron chi connectivity index (χ1n) is 17.7. The Morgan fingerprint density at radius 1 is 0.828 bits per heavy atom. The van der Waals surface area contributed by atoms with Gasteiger partial charge in [-0.25, -0.2) is 28.7 Å². The first-order valence-corrected chi connectivity index (χ1v) is 18.5. The molecule has 17 heteroatoms. The number of pyridine rings is 6. The molecule has 1 aliphatic heterocycles. The third-order valence-electron chi connectivity index (χ3n) is 9.13. The first kappa shape index (κ1) is 39.5. The van der Waals surface area contributed by atoms with Gasteiger partial charge in [0.15, 0.2) is 0 Å². The van der Waals surface area contributed by atoms with Crippen LogP contribution in [-0.4, -0.2) is 75.4 Å². The maximum absolute atomic E-state index is 15.4. The van der Waals surface area contributed by atoms with Crippen molar-refractivity contribution in [3.05, 3.63) is 129 Å². The van der Waals surface area contributed by atoms with Crippen LogP contribution in [0.1, 0.15) is 5.56 Å². The summed E-state index contributed by atoms with van der Waals surface area (Å²) in [4.78, 5) is 38.9.